The third kappa shape index (κ3) is 4.83. The van der Waals surface area contributed by atoms with Crippen molar-refractivity contribution in [2.75, 3.05) is 6.61 Å². The van der Waals surface area contributed by atoms with Gasteiger partial charge < -0.3 is 4.74 Å². The summed E-state index contributed by atoms with van der Waals surface area (Å²) >= 11 is 0. The van der Waals surface area contributed by atoms with Gasteiger partial charge in [0, 0.05) is 11.1 Å². The van der Waals surface area contributed by atoms with Crippen LogP contribution in [-0.2, 0) is 4.74 Å². The van der Waals surface area contributed by atoms with E-state index in [2.05, 4.69) is 6.92 Å². The van der Waals surface area contributed by atoms with E-state index in [9.17, 15) is 8.78 Å². The van der Waals surface area contributed by atoms with Crippen LogP contribution in [0.3, 0.4) is 0 Å². The molecule has 0 aromatic heterocycles. The maximum Gasteiger partial charge on any atom is 0.166 e. The normalized spacial score (nSPS) is 22.3. The predicted molar refractivity (Wildman–Crippen MR) is 131 cm³/mol. The molecule has 3 aromatic carbocycles. The van der Waals surface area contributed by atoms with Crippen LogP contribution < -0.4 is 0 Å². The number of ether oxygens (including phenoxy) is 1. The molecule has 0 N–H and O–H groups in total. The first-order valence-electron chi connectivity index (χ1n) is 12.2. The summed E-state index contributed by atoms with van der Waals surface area (Å²) in [6.45, 7) is 2.77. The first kappa shape index (κ1) is 22.9. The number of epoxide rings is 1. The fourth-order valence-corrected chi connectivity index (χ4v) is 5.09. The molecule has 176 valence electrons. The quantitative estimate of drug-likeness (QED) is 0.264. The highest BCUT2D eigenvalue weighted by Gasteiger charge is 2.28. The van der Waals surface area contributed by atoms with Crippen molar-refractivity contribution < 1.29 is 17.9 Å². The smallest absolute Gasteiger partial charge is 0.166 e. The van der Waals surface area contributed by atoms with Crippen LogP contribution in [0.2, 0.25) is 0 Å². The van der Waals surface area contributed by atoms with E-state index in [1.54, 1.807) is 30.3 Å². The number of rotatable bonds is 6. The van der Waals surface area contributed by atoms with E-state index in [1.165, 1.54) is 6.07 Å². The molecule has 1 unspecified atom stereocenters. The molecular weight excluding hydrogens is 433 g/mol. The Morgan fingerprint density at radius 1 is 0.794 bits per heavy atom. The van der Waals surface area contributed by atoms with Crippen molar-refractivity contribution in [3.63, 3.8) is 0 Å². The van der Waals surface area contributed by atoms with Gasteiger partial charge in [0.25, 0.3) is 0 Å². The Morgan fingerprint density at radius 2 is 1.44 bits per heavy atom. The average molecular weight is 463 g/mol. The van der Waals surface area contributed by atoms with Crippen LogP contribution in [0.5, 0.6) is 0 Å². The highest BCUT2D eigenvalue weighted by atomic mass is 19.2. The lowest BCUT2D eigenvalue weighted by atomic mass is 9.77. The van der Waals surface area contributed by atoms with Crippen molar-refractivity contribution in [3.8, 4) is 11.1 Å². The van der Waals surface area contributed by atoms with E-state index >= 15 is 4.39 Å². The van der Waals surface area contributed by atoms with E-state index in [0.29, 0.717) is 29.2 Å². The van der Waals surface area contributed by atoms with Gasteiger partial charge in [-0.3, -0.25) is 0 Å². The monoisotopic (exact) mass is 462 g/mol. The van der Waals surface area contributed by atoms with Gasteiger partial charge in [-0.1, -0.05) is 74.0 Å². The van der Waals surface area contributed by atoms with Crippen molar-refractivity contribution in [1.29, 1.82) is 0 Å². The number of benzene rings is 3. The Balaban J connectivity index is 1.30. The Kier molecular flexibility index (Phi) is 6.60. The van der Waals surface area contributed by atoms with Crippen LogP contribution in [0.1, 0.15) is 73.3 Å². The molecule has 2 fully saturated rings. The third-order valence-corrected chi connectivity index (χ3v) is 7.37. The van der Waals surface area contributed by atoms with Gasteiger partial charge in [-0.15, -0.1) is 0 Å². The molecule has 1 atom stereocenters. The van der Waals surface area contributed by atoms with E-state index in [0.717, 1.165) is 43.2 Å². The SMILES string of the molecule is CCC1CCC(c2ccc(-c3ccc(/C=C/c4ccc(C5CO5)c(F)c4)cc3)c(F)c2F)CC1. The number of hydrogen-bond acceptors (Lipinski definition) is 1. The molecule has 1 nitrogen and oxygen atoms in total. The summed E-state index contributed by atoms with van der Waals surface area (Å²) in [6, 6.07) is 15.9. The Labute approximate surface area is 199 Å². The van der Waals surface area contributed by atoms with Crippen molar-refractivity contribution in [3.05, 3.63) is 94.3 Å². The van der Waals surface area contributed by atoms with Crippen LogP contribution in [0.25, 0.3) is 23.3 Å². The fraction of sp³-hybridized carbons (Fsp3) is 0.333. The molecule has 1 heterocycles. The van der Waals surface area contributed by atoms with Crippen molar-refractivity contribution in [2.45, 2.75) is 51.0 Å². The van der Waals surface area contributed by atoms with E-state index in [4.69, 9.17) is 4.74 Å². The lowest BCUT2D eigenvalue weighted by Crippen LogP contribution is -2.14. The van der Waals surface area contributed by atoms with Crippen LogP contribution in [0.4, 0.5) is 13.2 Å². The van der Waals surface area contributed by atoms with Gasteiger partial charge in [0.2, 0.25) is 0 Å². The second-order valence-electron chi connectivity index (χ2n) is 9.51. The maximum absolute atomic E-state index is 15.0. The molecule has 34 heavy (non-hydrogen) atoms. The summed E-state index contributed by atoms with van der Waals surface area (Å²) in [5.41, 5.74) is 3.66. The fourth-order valence-electron chi connectivity index (χ4n) is 5.09. The van der Waals surface area contributed by atoms with Crippen molar-refractivity contribution in [2.24, 2.45) is 5.92 Å². The molecular formula is C30H29F3O. The van der Waals surface area contributed by atoms with Gasteiger partial charge in [-0.05, 0) is 65.8 Å². The van der Waals surface area contributed by atoms with Crippen molar-refractivity contribution >= 4 is 12.2 Å². The Morgan fingerprint density at radius 3 is 2.09 bits per heavy atom. The molecule has 3 aromatic rings. The minimum atomic E-state index is -0.770. The largest absolute Gasteiger partial charge is 0.368 e. The molecule has 0 amide bonds. The average Bonchev–Trinajstić information content (AvgIpc) is 3.70. The standard InChI is InChI=1S/C30H29F3O/c1-2-19-5-10-22(11-6-19)24-15-16-25(30(33)29(24)32)23-12-7-20(8-13-23)3-4-21-9-14-26(27(31)17-21)28-18-34-28/h3-4,7-9,12-17,19,22,28H,2,5-6,10-11,18H2,1H3/b4-3+. The molecule has 1 aliphatic heterocycles. The predicted octanol–water partition coefficient (Wildman–Crippen LogP) is 8.70. The van der Waals surface area contributed by atoms with Crippen LogP contribution in [-0.4, -0.2) is 6.61 Å². The zero-order chi connectivity index (χ0) is 23.7. The van der Waals surface area contributed by atoms with Gasteiger partial charge >= 0.3 is 0 Å². The Hall–Kier alpha value is -2.85. The van der Waals surface area contributed by atoms with Gasteiger partial charge in [-0.2, -0.15) is 0 Å². The van der Waals surface area contributed by atoms with E-state index in [1.807, 2.05) is 30.4 Å². The molecule has 0 bridgehead atoms. The summed E-state index contributed by atoms with van der Waals surface area (Å²) in [5, 5.41) is 0. The summed E-state index contributed by atoms with van der Waals surface area (Å²) in [6.07, 6.45) is 8.78. The highest BCUT2D eigenvalue weighted by molar-refractivity contribution is 5.72. The van der Waals surface area contributed by atoms with Crippen LogP contribution >= 0.6 is 0 Å². The number of halogens is 3. The third-order valence-electron chi connectivity index (χ3n) is 7.37. The topological polar surface area (TPSA) is 12.5 Å². The Bertz CT molecular complexity index is 1190. The van der Waals surface area contributed by atoms with Gasteiger partial charge in [-0.25, -0.2) is 13.2 Å². The summed E-state index contributed by atoms with van der Waals surface area (Å²) in [7, 11) is 0. The molecule has 0 spiro atoms. The minimum Gasteiger partial charge on any atom is -0.368 e. The lowest BCUT2D eigenvalue weighted by molar-refractivity contribution is 0.312. The molecule has 1 saturated carbocycles. The summed E-state index contributed by atoms with van der Waals surface area (Å²) < 4.78 is 49.3. The molecule has 2 aliphatic rings. The van der Waals surface area contributed by atoms with Gasteiger partial charge in [0.05, 0.1) is 6.61 Å². The summed E-state index contributed by atoms with van der Waals surface area (Å²) in [4.78, 5) is 0. The van der Waals surface area contributed by atoms with Gasteiger partial charge in [0.15, 0.2) is 11.6 Å². The molecule has 0 radical (unpaired) electrons. The van der Waals surface area contributed by atoms with Gasteiger partial charge in [0.1, 0.15) is 11.9 Å². The molecule has 1 saturated heterocycles. The molecule has 5 rings (SSSR count). The minimum absolute atomic E-state index is 0.106. The first-order valence-corrected chi connectivity index (χ1v) is 12.2. The second kappa shape index (κ2) is 9.79. The maximum atomic E-state index is 15.0. The zero-order valence-electron chi connectivity index (χ0n) is 19.4. The van der Waals surface area contributed by atoms with E-state index < -0.39 is 11.6 Å². The molecule has 1 aliphatic carbocycles. The first-order chi connectivity index (χ1) is 16.5. The number of hydrogen-bond donors (Lipinski definition) is 0. The van der Waals surface area contributed by atoms with Crippen LogP contribution in [0, 0.1) is 23.4 Å². The van der Waals surface area contributed by atoms with E-state index in [-0.39, 0.29) is 23.4 Å². The van der Waals surface area contributed by atoms with Crippen LogP contribution in [0.15, 0.2) is 54.6 Å². The zero-order valence-corrected chi connectivity index (χ0v) is 19.4. The molecule has 4 heteroatoms. The lowest BCUT2D eigenvalue weighted by Gasteiger charge is -2.28. The highest BCUT2D eigenvalue weighted by Crippen LogP contribution is 2.39. The second-order valence-corrected chi connectivity index (χ2v) is 9.51. The summed E-state index contributed by atoms with van der Waals surface area (Å²) in [5.74, 6) is -0.919. The van der Waals surface area contributed by atoms with Crippen molar-refractivity contribution in [1.82, 2.24) is 0 Å².